The van der Waals surface area contributed by atoms with Crippen LogP contribution in [-0.4, -0.2) is 37.2 Å². The van der Waals surface area contributed by atoms with Crippen LogP contribution in [0, 0.1) is 5.82 Å². The van der Waals surface area contributed by atoms with Crippen LogP contribution in [0.2, 0.25) is 0 Å². The Bertz CT molecular complexity index is 684. The number of anilines is 1. The highest BCUT2D eigenvalue weighted by atomic mass is 19.1. The number of tetrazole rings is 1. The van der Waals surface area contributed by atoms with Crippen molar-refractivity contribution in [2.45, 2.75) is 6.54 Å². The largest absolute Gasteiger partial charge is 0.478 e. The second-order valence-electron chi connectivity index (χ2n) is 3.96. The number of aromatic nitrogens is 4. The van der Waals surface area contributed by atoms with E-state index in [0.29, 0.717) is 5.69 Å². The number of hydrogen-bond donors (Lipinski definition) is 2. The topological polar surface area (TPSA) is 110 Å². The molecule has 1 amide bonds. The Morgan fingerprint density at radius 3 is 2.90 bits per heavy atom. The summed E-state index contributed by atoms with van der Waals surface area (Å²) in [5.74, 6) is -2.18. The van der Waals surface area contributed by atoms with Gasteiger partial charge in [-0.05, 0) is 34.7 Å². The average Bonchev–Trinajstić information content (AvgIpc) is 2.92. The second kappa shape index (κ2) is 6.37. The summed E-state index contributed by atoms with van der Waals surface area (Å²) >= 11 is 0. The highest BCUT2D eigenvalue weighted by Crippen LogP contribution is 2.16. The minimum atomic E-state index is -1.19. The van der Waals surface area contributed by atoms with E-state index in [-0.39, 0.29) is 12.1 Å². The first-order valence-electron chi connectivity index (χ1n) is 5.76. The van der Waals surface area contributed by atoms with E-state index < -0.39 is 17.7 Å². The molecule has 2 N–H and O–H groups in total. The molecule has 2 rings (SSSR count). The number of benzene rings is 1. The Hall–Kier alpha value is -3.10. The Kier molecular flexibility index (Phi) is 4.34. The number of nitrogens with zero attached hydrogens (tertiary/aromatic N) is 4. The van der Waals surface area contributed by atoms with Crippen molar-refractivity contribution in [2.75, 3.05) is 5.32 Å². The molecular weight excluding hydrogens is 281 g/mol. The number of halogens is 1. The fraction of sp³-hybridized carbons (Fsp3) is 0.0833. The number of carbonyl (C=O) groups is 2. The van der Waals surface area contributed by atoms with Gasteiger partial charge >= 0.3 is 5.97 Å². The van der Waals surface area contributed by atoms with Crippen molar-refractivity contribution < 1.29 is 19.1 Å². The fourth-order valence-electron chi connectivity index (χ4n) is 1.51. The maximum Gasteiger partial charge on any atom is 0.328 e. The molecule has 1 aromatic heterocycles. The van der Waals surface area contributed by atoms with Crippen LogP contribution in [0.1, 0.15) is 5.56 Å². The molecule has 0 saturated carbocycles. The molecule has 0 radical (unpaired) electrons. The van der Waals surface area contributed by atoms with E-state index in [1.54, 1.807) is 0 Å². The summed E-state index contributed by atoms with van der Waals surface area (Å²) in [7, 11) is 0. The molecule has 0 aliphatic heterocycles. The lowest BCUT2D eigenvalue weighted by atomic mass is 10.1. The zero-order valence-corrected chi connectivity index (χ0v) is 10.6. The van der Waals surface area contributed by atoms with E-state index in [1.165, 1.54) is 23.1 Å². The first-order chi connectivity index (χ1) is 10.0. The summed E-state index contributed by atoms with van der Waals surface area (Å²) in [6.45, 7) is -0.0926. The molecule has 1 aromatic carbocycles. The predicted octanol–water partition coefficient (Wildman–Crippen LogP) is 0.549. The van der Waals surface area contributed by atoms with Crippen molar-refractivity contribution >= 4 is 23.6 Å². The number of aliphatic carboxylic acids is 1. The Balaban J connectivity index is 2.08. The summed E-state index contributed by atoms with van der Waals surface area (Å²) in [5.41, 5.74) is 0.386. The molecule has 0 bridgehead atoms. The van der Waals surface area contributed by atoms with Crippen LogP contribution in [-0.2, 0) is 16.1 Å². The standard InChI is InChI=1S/C12H10FN5O3/c13-10-3-2-9(5-8(10)1-4-12(20)21)15-11(19)6-18-7-14-16-17-18/h1-5,7H,6H2,(H,15,19)(H,20,21)/b4-1+. The van der Waals surface area contributed by atoms with Crippen molar-refractivity contribution in [3.05, 3.63) is 42.0 Å². The Labute approximate surface area is 117 Å². The van der Waals surface area contributed by atoms with E-state index in [0.717, 1.165) is 18.2 Å². The highest BCUT2D eigenvalue weighted by molar-refractivity contribution is 5.91. The number of carboxylic acids is 1. The molecule has 0 spiro atoms. The molecular formula is C12H10FN5O3. The molecule has 21 heavy (non-hydrogen) atoms. The minimum Gasteiger partial charge on any atom is -0.478 e. The van der Waals surface area contributed by atoms with Gasteiger partial charge in [-0.15, -0.1) is 5.10 Å². The van der Waals surface area contributed by atoms with Crippen LogP contribution < -0.4 is 5.32 Å². The van der Waals surface area contributed by atoms with Crippen LogP contribution in [0.3, 0.4) is 0 Å². The smallest absolute Gasteiger partial charge is 0.328 e. The third-order valence-electron chi connectivity index (χ3n) is 2.38. The third-order valence-corrected chi connectivity index (χ3v) is 2.38. The van der Waals surface area contributed by atoms with Gasteiger partial charge < -0.3 is 10.4 Å². The van der Waals surface area contributed by atoms with Crippen molar-refractivity contribution in [1.82, 2.24) is 20.2 Å². The van der Waals surface area contributed by atoms with E-state index in [1.807, 2.05) is 0 Å². The average molecular weight is 291 g/mol. The van der Waals surface area contributed by atoms with Crippen LogP contribution in [0.4, 0.5) is 10.1 Å². The molecule has 8 nitrogen and oxygen atoms in total. The van der Waals surface area contributed by atoms with Crippen molar-refractivity contribution in [2.24, 2.45) is 0 Å². The van der Waals surface area contributed by atoms with Crippen LogP contribution in [0.25, 0.3) is 6.08 Å². The summed E-state index contributed by atoms with van der Waals surface area (Å²) in [6, 6.07) is 3.82. The molecule has 0 aliphatic rings. The van der Waals surface area contributed by atoms with Gasteiger partial charge in [-0.1, -0.05) is 0 Å². The Morgan fingerprint density at radius 2 is 2.24 bits per heavy atom. The van der Waals surface area contributed by atoms with Gasteiger partial charge in [0.25, 0.3) is 0 Å². The minimum absolute atomic E-state index is 0.0534. The quantitative estimate of drug-likeness (QED) is 0.778. The van der Waals surface area contributed by atoms with E-state index in [2.05, 4.69) is 20.8 Å². The van der Waals surface area contributed by atoms with Crippen LogP contribution >= 0.6 is 0 Å². The molecule has 0 atom stereocenters. The summed E-state index contributed by atoms with van der Waals surface area (Å²) in [6.07, 6.45) is 3.20. The van der Waals surface area contributed by atoms with Gasteiger partial charge in [0, 0.05) is 17.3 Å². The maximum atomic E-state index is 13.5. The zero-order chi connectivity index (χ0) is 15.2. The van der Waals surface area contributed by atoms with Crippen LogP contribution in [0.15, 0.2) is 30.6 Å². The number of amides is 1. The molecule has 108 valence electrons. The monoisotopic (exact) mass is 291 g/mol. The van der Waals surface area contributed by atoms with Gasteiger partial charge in [0.2, 0.25) is 5.91 Å². The Morgan fingerprint density at radius 1 is 1.43 bits per heavy atom. The number of carboxylic acid groups (broad SMARTS) is 1. The molecule has 0 aliphatic carbocycles. The van der Waals surface area contributed by atoms with Gasteiger partial charge in [0.05, 0.1) is 0 Å². The lowest BCUT2D eigenvalue weighted by Crippen LogP contribution is -2.19. The van der Waals surface area contributed by atoms with Gasteiger partial charge in [0.15, 0.2) is 0 Å². The molecule has 0 unspecified atom stereocenters. The SMILES string of the molecule is O=C(O)/C=C/c1cc(NC(=O)Cn2cnnn2)ccc1F. The first kappa shape index (κ1) is 14.3. The van der Waals surface area contributed by atoms with Crippen LogP contribution in [0.5, 0.6) is 0 Å². The normalized spacial score (nSPS) is 10.7. The number of carbonyl (C=O) groups excluding carboxylic acids is 1. The second-order valence-corrected chi connectivity index (χ2v) is 3.96. The molecule has 2 aromatic rings. The molecule has 1 heterocycles. The number of rotatable bonds is 5. The van der Waals surface area contributed by atoms with Crippen molar-refractivity contribution in [3.8, 4) is 0 Å². The first-order valence-corrected chi connectivity index (χ1v) is 5.76. The fourth-order valence-corrected chi connectivity index (χ4v) is 1.51. The summed E-state index contributed by atoms with van der Waals surface area (Å²) in [5, 5.41) is 21.4. The zero-order valence-electron chi connectivity index (χ0n) is 10.6. The lowest BCUT2D eigenvalue weighted by molar-refractivity contribution is -0.131. The van der Waals surface area contributed by atoms with Crippen molar-refractivity contribution in [3.63, 3.8) is 0 Å². The highest BCUT2D eigenvalue weighted by Gasteiger charge is 2.07. The van der Waals surface area contributed by atoms with Gasteiger partial charge in [-0.2, -0.15) is 0 Å². The van der Waals surface area contributed by atoms with Gasteiger partial charge in [-0.3, -0.25) is 4.79 Å². The van der Waals surface area contributed by atoms with E-state index in [9.17, 15) is 14.0 Å². The molecule has 0 saturated heterocycles. The van der Waals surface area contributed by atoms with Gasteiger partial charge in [-0.25, -0.2) is 13.9 Å². The molecule has 0 fully saturated rings. The summed E-state index contributed by atoms with van der Waals surface area (Å²) < 4.78 is 14.7. The predicted molar refractivity (Wildman–Crippen MR) is 69.5 cm³/mol. The summed E-state index contributed by atoms with van der Waals surface area (Å²) in [4.78, 5) is 22.1. The third kappa shape index (κ3) is 4.20. The van der Waals surface area contributed by atoms with Crippen molar-refractivity contribution in [1.29, 1.82) is 0 Å². The lowest BCUT2D eigenvalue weighted by Gasteiger charge is -2.06. The number of nitrogens with one attached hydrogen (secondary N) is 1. The number of hydrogen-bond acceptors (Lipinski definition) is 5. The van der Waals surface area contributed by atoms with Gasteiger partial charge in [0.1, 0.15) is 18.7 Å². The van der Waals surface area contributed by atoms with E-state index >= 15 is 0 Å². The maximum absolute atomic E-state index is 13.5. The molecule has 9 heteroatoms. The van der Waals surface area contributed by atoms with E-state index in [4.69, 9.17) is 5.11 Å².